The van der Waals surface area contributed by atoms with Crippen LogP contribution in [0.25, 0.3) is 0 Å². The van der Waals surface area contributed by atoms with Crippen LogP contribution in [0.5, 0.6) is 0 Å². The van der Waals surface area contributed by atoms with Gasteiger partial charge >= 0.3 is 0 Å². The molecule has 0 aromatic heterocycles. The molecule has 0 saturated heterocycles. The summed E-state index contributed by atoms with van der Waals surface area (Å²) in [5.41, 5.74) is 5.39. The van der Waals surface area contributed by atoms with Crippen molar-refractivity contribution in [1.82, 2.24) is 0 Å². The Hall–Kier alpha value is -0.440. The highest BCUT2D eigenvalue weighted by atomic mass is 32.2. The zero-order valence-corrected chi connectivity index (χ0v) is 6.49. The normalized spacial score (nSPS) is 11.6. The maximum atomic E-state index is 10.4. The van der Waals surface area contributed by atoms with E-state index in [1.54, 1.807) is 0 Å². The zero-order valence-electron chi connectivity index (χ0n) is 5.68. The van der Waals surface area contributed by atoms with E-state index in [2.05, 4.69) is 0 Å². The van der Waals surface area contributed by atoms with E-state index in [0.29, 0.717) is 5.03 Å². The molecular formula is C6H11NOS. The van der Waals surface area contributed by atoms with Gasteiger partial charge in [0.05, 0.1) is 5.03 Å². The van der Waals surface area contributed by atoms with Crippen LogP contribution < -0.4 is 5.73 Å². The molecule has 2 nitrogen and oxygen atoms in total. The third-order valence-corrected chi connectivity index (χ3v) is 1.40. The van der Waals surface area contributed by atoms with E-state index in [1.165, 1.54) is 24.8 Å². The van der Waals surface area contributed by atoms with Gasteiger partial charge in [0.15, 0.2) is 5.78 Å². The van der Waals surface area contributed by atoms with Gasteiger partial charge in [0.2, 0.25) is 0 Å². The lowest BCUT2D eigenvalue weighted by Crippen LogP contribution is -1.95. The van der Waals surface area contributed by atoms with Gasteiger partial charge in [-0.2, -0.15) is 0 Å². The largest absolute Gasteiger partial charge is 0.393 e. The van der Waals surface area contributed by atoms with E-state index in [1.807, 2.05) is 6.92 Å². The third-order valence-electron chi connectivity index (χ3n) is 0.657. The second-order valence-electron chi connectivity index (χ2n) is 1.59. The van der Waals surface area contributed by atoms with Gasteiger partial charge in [0, 0.05) is 6.08 Å². The van der Waals surface area contributed by atoms with Gasteiger partial charge in [-0.25, -0.2) is 0 Å². The van der Waals surface area contributed by atoms with Crippen LogP contribution >= 0.6 is 11.8 Å². The summed E-state index contributed by atoms with van der Waals surface area (Å²) in [7, 11) is 0. The highest BCUT2D eigenvalue weighted by Crippen LogP contribution is 2.06. The Morgan fingerprint density at radius 2 is 2.33 bits per heavy atom. The SMILES string of the molecule is CCS/C(N)=C/C(C)=O. The van der Waals surface area contributed by atoms with E-state index in [-0.39, 0.29) is 5.78 Å². The van der Waals surface area contributed by atoms with Crippen molar-refractivity contribution in [2.75, 3.05) is 5.75 Å². The van der Waals surface area contributed by atoms with Crippen molar-refractivity contribution in [2.24, 2.45) is 5.73 Å². The lowest BCUT2D eigenvalue weighted by Gasteiger charge is -1.93. The van der Waals surface area contributed by atoms with Gasteiger partial charge in [0.1, 0.15) is 0 Å². The van der Waals surface area contributed by atoms with Gasteiger partial charge in [-0.3, -0.25) is 4.79 Å². The Morgan fingerprint density at radius 1 is 1.78 bits per heavy atom. The Bertz CT molecular complexity index is 131. The lowest BCUT2D eigenvalue weighted by molar-refractivity contribution is -0.112. The highest BCUT2D eigenvalue weighted by Gasteiger charge is 1.89. The average Bonchev–Trinajstić information content (AvgIpc) is 1.63. The van der Waals surface area contributed by atoms with Gasteiger partial charge < -0.3 is 5.73 Å². The number of hydrogen-bond donors (Lipinski definition) is 1. The first-order valence-corrected chi connectivity index (χ1v) is 3.76. The minimum absolute atomic E-state index is 0.00782. The van der Waals surface area contributed by atoms with Crippen LogP contribution in [0.2, 0.25) is 0 Å². The van der Waals surface area contributed by atoms with Crippen molar-refractivity contribution in [3.8, 4) is 0 Å². The molecule has 0 aromatic rings. The van der Waals surface area contributed by atoms with Crippen molar-refractivity contribution in [1.29, 1.82) is 0 Å². The summed E-state index contributed by atoms with van der Waals surface area (Å²) in [6, 6.07) is 0. The van der Waals surface area contributed by atoms with E-state index in [0.717, 1.165) is 5.75 Å². The Balaban J connectivity index is 3.69. The van der Waals surface area contributed by atoms with E-state index in [4.69, 9.17) is 5.73 Å². The smallest absolute Gasteiger partial charge is 0.155 e. The third kappa shape index (κ3) is 5.43. The summed E-state index contributed by atoms with van der Waals surface area (Å²) < 4.78 is 0. The van der Waals surface area contributed by atoms with Gasteiger partial charge in [0.25, 0.3) is 0 Å². The number of rotatable bonds is 3. The molecule has 3 heteroatoms. The monoisotopic (exact) mass is 145 g/mol. The minimum atomic E-state index is 0.00782. The standard InChI is InChI=1S/C6H11NOS/c1-3-9-6(7)4-5(2)8/h4H,3,7H2,1-2H3/b6-4+. The Morgan fingerprint density at radius 3 is 2.67 bits per heavy atom. The molecule has 0 spiro atoms. The number of thioether (sulfide) groups is 1. The molecule has 0 fully saturated rings. The lowest BCUT2D eigenvalue weighted by atomic mass is 10.4. The van der Waals surface area contributed by atoms with Gasteiger partial charge in [-0.1, -0.05) is 6.92 Å². The summed E-state index contributed by atoms with van der Waals surface area (Å²) in [4.78, 5) is 10.4. The molecule has 0 heterocycles. The summed E-state index contributed by atoms with van der Waals surface area (Å²) in [6.45, 7) is 3.48. The summed E-state index contributed by atoms with van der Waals surface area (Å²) in [5.74, 6) is 0.920. The molecule has 9 heavy (non-hydrogen) atoms. The number of carbonyl (C=O) groups is 1. The fraction of sp³-hybridized carbons (Fsp3) is 0.500. The van der Waals surface area contributed by atoms with E-state index < -0.39 is 0 Å². The quantitative estimate of drug-likeness (QED) is 0.605. The van der Waals surface area contributed by atoms with Crippen LogP contribution in [-0.4, -0.2) is 11.5 Å². The van der Waals surface area contributed by atoms with Gasteiger partial charge in [-0.05, 0) is 12.7 Å². The number of allylic oxidation sites excluding steroid dienone is 1. The maximum absolute atomic E-state index is 10.4. The second-order valence-corrected chi connectivity index (χ2v) is 2.93. The van der Waals surface area contributed by atoms with Crippen LogP contribution in [-0.2, 0) is 4.79 Å². The molecule has 0 bridgehead atoms. The number of carbonyl (C=O) groups excluding carboxylic acids is 1. The van der Waals surface area contributed by atoms with Crippen molar-refractivity contribution in [3.63, 3.8) is 0 Å². The molecule has 0 aliphatic rings. The molecule has 0 aliphatic heterocycles. The van der Waals surface area contributed by atoms with Crippen molar-refractivity contribution >= 4 is 17.5 Å². The fourth-order valence-electron chi connectivity index (χ4n) is 0.409. The number of hydrogen-bond acceptors (Lipinski definition) is 3. The van der Waals surface area contributed by atoms with Crippen LogP contribution in [0.1, 0.15) is 13.8 Å². The average molecular weight is 145 g/mol. The summed E-state index contributed by atoms with van der Waals surface area (Å²) in [6.07, 6.45) is 1.44. The van der Waals surface area contributed by atoms with Crippen molar-refractivity contribution < 1.29 is 4.79 Å². The molecule has 0 unspecified atom stereocenters. The van der Waals surface area contributed by atoms with Crippen molar-refractivity contribution in [2.45, 2.75) is 13.8 Å². The fourth-order valence-corrected chi connectivity index (χ4v) is 0.991. The molecule has 0 saturated carbocycles. The van der Waals surface area contributed by atoms with Crippen molar-refractivity contribution in [3.05, 3.63) is 11.1 Å². The second kappa shape index (κ2) is 4.44. The Kier molecular flexibility index (Phi) is 4.22. The van der Waals surface area contributed by atoms with E-state index >= 15 is 0 Å². The molecule has 0 amide bonds. The topological polar surface area (TPSA) is 43.1 Å². The first kappa shape index (κ1) is 8.56. The number of ketones is 1. The predicted octanol–water partition coefficient (Wildman–Crippen LogP) is 1.13. The summed E-state index contributed by atoms with van der Waals surface area (Å²) >= 11 is 1.48. The molecule has 2 N–H and O–H groups in total. The predicted molar refractivity (Wildman–Crippen MR) is 41.1 cm³/mol. The van der Waals surface area contributed by atoms with Gasteiger partial charge in [-0.15, -0.1) is 11.8 Å². The molecule has 0 atom stereocenters. The molecular weight excluding hydrogens is 134 g/mol. The van der Waals surface area contributed by atoms with E-state index in [9.17, 15) is 4.79 Å². The molecule has 52 valence electrons. The molecule has 0 aromatic carbocycles. The maximum Gasteiger partial charge on any atom is 0.155 e. The zero-order chi connectivity index (χ0) is 7.28. The van der Waals surface area contributed by atoms with Crippen LogP contribution in [0.15, 0.2) is 11.1 Å². The molecule has 0 rings (SSSR count). The Labute approximate surface area is 59.5 Å². The highest BCUT2D eigenvalue weighted by molar-refractivity contribution is 8.02. The molecule has 0 aliphatic carbocycles. The molecule has 0 radical (unpaired) electrons. The number of nitrogens with two attached hydrogens (primary N) is 1. The summed E-state index contributed by atoms with van der Waals surface area (Å²) in [5, 5.41) is 0.602. The van der Waals surface area contributed by atoms with Crippen LogP contribution in [0, 0.1) is 0 Å². The minimum Gasteiger partial charge on any atom is -0.393 e. The van der Waals surface area contributed by atoms with Crippen LogP contribution in [0.4, 0.5) is 0 Å². The first-order valence-electron chi connectivity index (χ1n) is 2.77. The first-order chi connectivity index (χ1) is 4.16. The van der Waals surface area contributed by atoms with Crippen LogP contribution in [0.3, 0.4) is 0 Å².